The number of hydrogen-bond donors (Lipinski definition) is 0. The Morgan fingerprint density at radius 1 is 0.271 bits per heavy atom. The molecule has 0 radical (unpaired) electrons. The minimum absolute atomic E-state index is 0.0810. The molecule has 0 amide bonds. The Hall–Kier alpha value is -7.62. The van der Waals surface area contributed by atoms with Crippen LogP contribution in [-0.2, 0) is 0 Å². The maximum atomic E-state index is 6.98. The van der Waals surface area contributed by atoms with Gasteiger partial charge in [-0.15, -0.1) is 0 Å². The molecule has 12 rings (SSSR count). The molecular formula is C56H35BO2. The topological polar surface area (TPSA) is 18.5 Å². The van der Waals surface area contributed by atoms with E-state index in [1.165, 1.54) is 49.4 Å². The van der Waals surface area contributed by atoms with Crippen molar-refractivity contribution >= 4 is 44.6 Å². The largest absolute Gasteiger partial charge is 0.458 e. The molecule has 0 N–H and O–H groups in total. The van der Waals surface area contributed by atoms with E-state index in [2.05, 4.69) is 212 Å². The Balaban J connectivity index is 1.07. The van der Waals surface area contributed by atoms with E-state index in [1.807, 2.05) is 0 Å². The highest BCUT2D eigenvalue weighted by atomic mass is 16.5. The molecule has 0 aliphatic carbocycles. The van der Waals surface area contributed by atoms with Gasteiger partial charge in [0.2, 0.25) is 0 Å². The zero-order valence-electron chi connectivity index (χ0n) is 32.1. The van der Waals surface area contributed by atoms with Crippen LogP contribution in [0.4, 0.5) is 0 Å². The number of rotatable bonds is 5. The fourth-order valence-corrected chi connectivity index (χ4v) is 9.57. The van der Waals surface area contributed by atoms with Crippen LogP contribution < -0.4 is 25.9 Å². The molecule has 3 heteroatoms. The number of ether oxygens (including phenoxy) is 2. The highest BCUT2D eigenvalue weighted by molar-refractivity contribution is 6.98. The zero-order chi connectivity index (χ0) is 38.9. The van der Waals surface area contributed by atoms with Crippen LogP contribution in [0.15, 0.2) is 212 Å². The highest BCUT2D eigenvalue weighted by Gasteiger charge is 2.41. The molecule has 10 aromatic rings. The predicted octanol–water partition coefficient (Wildman–Crippen LogP) is 13.1. The monoisotopic (exact) mass is 750 g/mol. The van der Waals surface area contributed by atoms with Gasteiger partial charge in [0.25, 0.3) is 6.71 Å². The van der Waals surface area contributed by atoms with Crippen LogP contribution in [0.1, 0.15) is 0 Å². The van der Waals surface area contributed by atoms with Crippen LogP contribution in [0.3, 0.4) is 0 Å². The summed E-state index contributed by atoms with van der Waals surface area (Å²) in [5.41, 5.74) is 15.0. The molecule has 0 atom stereocenters. The van der Waals surface area contributed by atoms with E-state index < -0.39 is 0 Å². The van der Waals surface area contributed by atoms with E-state index in [4.69, 9.17) is 9.47 Å². The lowest BCUT2D eigenvalue weighted by Gasteiger charge is -2.34. The molecule has 2 nitrogen and oxygen atoms in total. The number of fused-ring (bicyclic) bond motifs is 6. The van der Waals surface area contributed by atoms with Gasteiger partial charge in [-0.1, -0.05) is 188 Å². The summed E-state index contributed by atoms with van der Waals surface area (Å²) in [5, 5.41) is 4.90. The van der Waals surface area contributed by atoms with Gasteiger partial charge >= 0.3 is 0 Å². The van der Waals surface area contributed by atoms with Gasteiger partial charge in [-0.3, -0.25) is 0 Å². The van der Waals surface area contributed by atoms with Crippen LogP contribution in [0, 0.1) is 0 Å². The second kappa shape index (κ2) is 13.5. The van der Waals surface area contributed by atoms with Gasteiger partial charge in [0.1, 0.15) is 23.0 Å². The Morgan fingerprint density at radius 2 is 0.678 bits per heavy atom. The molecule has 0 aromatic heterocycles. The quantitative estimate of drug-likeness (QED) is 0.129. The molecule has 2 aliphatic rings. The van der Waals surface area contributed by atoms with Gasteiger partial charge in [-0.25, -0.2) is 0 Å². The van der Waals surface area contributed by atoms with Crippen molar-refractivity contribution in [3.05, 3.63) is 212 Å². The normalized spacial score (nSPS) is 12.3. The van der Waals surface area contributed by atoms with Crippen molar-refractivity contribution in [3.8, 4) is 78.6 Å². The summed E-state index contributed by atoms with van der Waals surface area (Å²) in [6.07, 6.45) is 0. The third-order valence-electron chi connectivity index (χ3n) is 12.2. The first-order valence-corrected chi connectivity index (χ1v) is 20.3. The summed E-state index contributed by atoms with van der Waals surface area (Å²) in [6, 6.07) is 76.2. The van der Waals surface area contributed by atoms with Crippen LogP contribution in [0.25, 0.3) is 77.2 Å². The molecule has 59 heavy (non-hydrogen) atoms. The summed E-state index contributed by atoms with van der Waals surface area (Å²) >= 11 is 0. The molecule has 0 fully saturated rings. The number of benzene rings is 10. The minimum atomic E-state index is -0.0810. The standard InChI is InChI=1S/C56H35BO2/c1-4-16-36(17-5-1)39-28-30-50-48(32-39)57-49-33-40(37-18-6-2-7-19-37)29-31-51(49)59-53-35-41(34-52(58-50)56(53)57)42-22-10-11-23-43(42)55-46-26-14-12-24-44(46)54(38-20-8-3-9-21-38)45-25-13-15-27-47(45)55/h1-35H. The summed E-state index contributed by atoms with van der Waals surface area (Å²) in [6.45, 7) is -0.0810. The lowest BCUT2D eigenvalue weighted by molar-refractivity contribution is 0.465. The van der Waals surface area contributed by atoms with Crippen molar-refractivity contribution < 1.29 is 9.47 Å². The molecule has 0 spiro atoms. The molecule has 2 aliphatic heterocycles. The first kappa shape index (κ1) is 33.5. The van der Waals surface area contributed by atoms with E-state index in [0.29, 0.717) is 0 Å². The second-order valence-electron chi connectivity index (χ2n) is 15.5. The minimum Gasteiger partial charge on any atom is -0.458 e. The first-order valence-electron chi connectivity index (χ1n) is 20.3. The van der Waals surface area contributed by atoms with E-state index in [-0.39, 0.29) is 6.71 Å². The van der Waals surface area contributed by atoms with Crippen LogP contribution in [0.2, 0.25) is 0 Å². The molecule has 2 heterocycles. The van der Waals surface area contributed by atoms with E-state index >= 15 is 0 Å². The molecule has 0 bridgehead atoms. The predicted molar refractivity (Wildman–Crippen MR) is 246 cm³/mol. The summed E-state index contributed by atoms with van der Waals surface area (Å²) < 4.78 is 14.0. The molecule has 0 unspecified atom stereocenters. The van der Waals surface area contributed by atoms with Crippen molar-refractivity contribution in [1.82, 2.24) is 0 Å². The molecule has 0 saturated heterocycles. The highest BCUT2D eigenvalue weighted by Crippen LogP contribution is 2.47. The first-order chi connectivity index (χ1) is 29.3. The second-order valence-corrected chi connectivity index (χ2v) is 15.5. The fraction of sp³-hybridized carbons (Fsp3) is 0. The van der Waals surface area contributed by atoms with Gasteiger partial charge in [0.05, 0.1) is 0 Å². The van der Waals surface area contributed by atoms with E-state index in [9.17, 15) is 0 Å². The maximum Gasteiger partial charge on any atom is 0.260 e. The van der Waals surface area contributed by atoms with Crippen molar-refractivity contribution in [2.75, 3.05) is 0 Å². The summed E-state index contributed by atoms with van der Waals surface area (Å²) in [4.78, 5) is 0. The van der Waals surface area contributed by atoms with Crippen LogP contribution in [-0.4, -0.2) is 6.71 Å². The SMILES string of the molecule is c1ccc(-c2ccc3c(c2)B2c4cc(-c5ccccc5)ccc4Oc4cc(-c5ccccc5-c5c6ccccc6c(-c6ccccc6)c6ccccc56)cc(c42)O3)cc1. The average molecular weight is 751 g/mol. The average Bonchev–Trinajstić information content (AvgIpc) is 3.31. The molecule has 274 valence electrons. The van der Waals surface area contributed by atoms with Crippen LogP contribution >= 0.6 is 0 Å². The van der Waals surface area contributed by atoms with Crippen molar-refractivity contribution in [1.29, 1.82) is 0 Å². The Kier molecular flexibility index (Phi) is 7.67. The molecular weight excluding hydrogens is 715 g/mol. The Labute approximate surface area is 343 Å². The summed E-state index contributed by atoms with van der Waals surface area (Å²) in [5.74, 6) is 3.37. The molecule has 10 aromatic carbocycles. The van der Waals surface area contributed by atoms with Gasteiger partial charge < -0.3 is 9.47 Å². The van der Waals surface area contributed by atoms with Crippen molar-refractivity contribution in [2.45, 2.75) is 0 Å². The van der Waals surface area contributed by atoms with Gasteiger partial charge in [-0.05, 0) is 112 Å². The van der Waals surface area contributed by atoms with E-state index in [0.717, 1.165) is 67.2 Å². The van der Waals surface area contributed by atoms with Gasteiger partial charge in [0, 0.05) is 5.46 Å². The lowest BCUT2D eigenvalue weighted by Crippen LogP contribution is -2.57. The van der Waals surface area contributed by atoms with Crippen molar-refractivity contribution in [2.24, 2.45) is 0 Å². The smallest absolute Gasteiger partial charge is 0.260 e. The third-order valence-corrected chi connectivity index (χ3v) is 12.2. The van der Waals surface area contributed by atoms with Gasteiger partial charge in [0.15, 0.2) is 0 Å². The van der Waals surface area contributed by atoms with Crippen LogP contribution in [0.5, 0.6) is 23.0 Å². The Morgan fingerprint density at radius 3 is 1.17 bits per heavy atom. The molecule has 0 saturated carbocycles. The number of hydrogen-bond acceptors (Lipinski definition) is 2. The Bertz CT molecular complexity index is 3090. The van der Waals surface area contributed by atoms with Gasteiger partial charge in [-0.2, -0.15) is 0 Å². The fourth-order valence-electron chi connectivity index (χ4n) is 9.57. The van der Waals surface area contributed by atoms with E-state index in [1.54, 1.807) is 0 Å². The maximum absolute atomic E-state index is 6.98. The lowest BCUT2D eigenvalue weighted by atomic mass is 9.34. The van der Waals surface area contributed by atoms with Crippen molar-refractivity contribution in [3.63, 3.8) is 0 Å². The summed E-state index contributed by atoms with van der Waals surface area (Å²) in [7, 11) is 0. The zero-order valence-corrected chi connectivity index (χ0v) is 32.1. The third kappa shape index (κ3) is 5.43.